The predicted molar refractivity (Wildman–Crippen MR) is 78.6 cm³/mol. The highest BCUT2D eigenvalue weighted by Crippen LogP contribution is 2.18. The topological polar surface area (TPSA) is 76.7 Å². The molecule has 5 nitrogen and oxygen atoms in total. The van der Waals surface area contributed by atoms with Gasteiger partial charge in [-0.05, 0) is 0 Å². The van der Waals surface area contributed by atoms with Gasteiger partial charge in [-0.15, -0.1) is 0 Å². The fourth-order valence-corrected chi connectivity index (χ4v) is 1.19. The van der Waals surface area contributed by atoms with Gasteiger partial charge in [0.05, 0.1) is 11.7 Å². The maximum absolute atomic E-state index is 12.8. The van der Waals surface area contributed by atoms with Gasteiger partial charge in [0.15, 0.2) is 5.82 Å². The number of nitrogens with one attached hydrogen (secondary N) is 1. The van der Waals surface area contributed by atoms with E-state index in [0.717, 1.165) is 6.20 Å². The fourth-order valence-electron chi connectivity index (χ4n) is 1.19. The van der Waals surface area contributed by atoms with Crippen molar-refractivity contribution in [3.8, 4) is 0 Å². The molecule has 0 fully saturated rings. The molecule has 2 rings (SSSR count). The van der Waals surface area contributed by atoms with Crippen LogP contribution in [0.2, 0.25) is 0 Å². The lowest BCUT2D eigenvalue weighted by molar-refractivity contribution is 0.624. The second-order valence-electron chi connectivity index (χ2n) is 3.41. The SMILES string of the molecule is CC.CCC.CNc1nc(N)nc2cc(F)cnc12. The van der Waals surface area contributed by atoms with Crippen LogP contribution in [0, 0.1) is 5.82 Å². The first-order chi connectivity index (χ1) is 9.12. The number of fused-ring (bicyclic) bond motifs is 1. The molecule has 0 saturated heterocycles. The monoisotopic (exact) mass is 267 g/mol. The van der Waals surface area contributed by atoms with E-state index in [1.165, 1.54) is 12.5 Å². The van der Waals surface area contributed by atoms with Gasteiger partial charge < -0.3 is 11.1 Å². The van der Waals surface area contributed by atoms with Crippen molar-refractivity contribution in [2.24, 2.45) is 0 Å². The Kier molecular flexibility index (Phi) is 8.08. The van der Waals surface area contributed by atoms with Gasteiger partial charge in [-0.3, -0.25) is 0 Å². The molecule has 0 bridgehead atoms. The normalized spacial score (nSPS) is 8.95. The third-order valence-corrected chi connectivity index (χ3v) is 1.76. The first-order valence-electron chi connectivity index (χ1n) is 6.38. The number of anilines is 2. The molecule has 2 heterocycles. The van der Waals surface area contributed by atoms with E-state index in [2.05, 4.69) is 34.1 Å². The number of nitrogens with zero attached hydrogens (tertiary/aromatic N) is 3. The molecule has 3 N–H and O–H groups in total. The van der Waals surface area contributed by atoms with E-state index in [1.54, 1.807) is 7.05 Å². The molecule has 0 atom stereocenters. The minimum atomic E-state index is -0.447. The number of rotatable bonds is 1. The van der Waals surface area contributed by atoms with E-state index in [-0.39, 0.29) is 5.95 Å². The van der Waals surface area contributed by atoms with Crippen LogP contribution in [0.4, 0.5) is 16.2 Å². The Morgan fingerprint density at radius 3 is 2.37 bits per heavy atom. The summed E-state index contributed by atoms with van der Waals surface area (Å²) in [6, 6.07) is 1.27. The van der Waals surface area contributed by atoms with E-state index in [0.29, 0.717) is 16.9 Å². The number of hydrogen-bond acceptors (Lipinski definition) is 5. The van der Waals surface area contributed by atoms with Crippen molar-refractivity contribution in [2.45, 2.75) is 34.1 Å². The molecule has 0 saturated carbocycles. The number of nitrogens with two attached hydrogens (primary N) is 1. The third-order valence-electron chi connectivity index (χ3n) is 1.76. The molecule has 0 spiro atoms. The summed E-state index contributed by atoms with van der Waals surface area (Å²) in [5.41, 5.74) is 6.33. The molecule has 0 radical (unpaired) electrons. The lowest BCUT2D eigenvalue weighted by Gasteiger charge is -2.04. The Labute approximate surface area is 113 Å². The molecule has 0 aliphatic carbocycles. The van der Waals surface area contributed by atoms with E-state index >= 15 is 0 Å². The second kappa shape index (κ2) is 9.02. The van der Waals surface area contributed by atoms with Crippen LogP contribution in [0.25, 0.3) is 11.0 Å². The van der Waals surface area contributed by atoms with Gasteiger partial charge in [0.25, 0.3) is 0 Å². The zero-order valence-electron chi connectivity index (χ0n) is 12.2. The molecule has 2 aromatic heterocycles. The summed E-state index contributed by atoms with van der Waals surface area (Å²) in [6.07, 6.45) is 2.36. The van der Waals surface area contributed by atoms with Gasteiger partial charge in [0.2, 0.25) is 5.95 Å². The maximum atomic E-state index is 12.8. The van der Waals surface area contributed by atoms with E-state index in [4.69, 9.17) is 5.73 Å². The highest BCUT2D eigenvalue weighted by Gasteiger charge is 2.06. The molecule has 106 valence electrons. The van der Waals surface area contributed by atoms with Crippen molar-refractivity contribution in [2.75, 3.05) is 18.1 Å². The van der Waals surface area contributed by atoms with Crippen LogP contribution in [-0.4, -0.2) is 22.0 Å². The number of halogens is 1. The third kappa shape index (κ3) is 5.03. The van der Waals surface area contributed by atoms with E-state index < -0.39 is 5.82 Å². The lowest BCUT2D eigenvalue weighted by atomic mass is 10.3. The quantitative estimate of drug-likeness (QED) is 0.829. The number of pyridine rings is 1. The summed E-state index contributed by atoms with van der Waals surface area (Å²) in [4.78, 5) is 11.7. The fraction of sp³-hybridized carbons (Fsp3) is 0.462. The van der Waals surface area contributed by atoms with Gasteiger partial charge in [-0.2, -0.15) is 4.98 Å². The standard InChI is InChI=1S/C8H8FN5.C3H8.C2H6/c1-11-7-6-5(13-8(10)14-7)2-4(9)3-12-6;1-3-2;1-2/h2-3H,1H3,(H3,10,11,13,14);3H2,1-2H3;1-2H3. The zero-order chi connectivity index (χ0) is 14.8. The van der Waals surface area contributed by atoms with Gasteiger partial charge in [-0.1, -0.05) is 34.1 Å². The number of hydrogen-bond donors (Lipinski definition) is 2. The summed E-state index contributed by atoms with van der Waals surface area (Å²) < 4.78 is 12.8. The van der Waals surface area contributed by atoms with Crippen molar-refractivity contribution in [3.05, 3.63) is 18.1 Å². The Hall–Kier alpha value is -1.98. The predicted octanol–water partition coefficient (Wildman–Crippen LogP) is 3.23. The Balaban J connectivity index is 0.000000573. The van der Waals surface area contributed by atoms with Crippen molar-refractivity contribution in [3.63, 3.8) is 0 Å². The van der Waals surface area contributed by atoms with Gasteiger partial charge in [-0.25, -0.2) is 14.4 Å². The van der Waals surface area contributed by atoms with Crippen molar-refractivity contribution in [1.82, 2.24) is 15.0 Å². The summed E-state index contributed by atoms with van der Waals surface area (Å²) in [6.45, 7) is 8.25. The van der Waals surface area contributed by atoms with E-state index in [9.17, 15) is 4.39 Å². The molecule has 0 aliphatic heterocycles. The highest BCUT2D eigenvalue weighted by molar-refractivity contribution is 5.85. The molecule has 19 heavy (non-hydrogen) atoms. The minimum Gasteiger partial charge on any atom is -0.371 e. The highest BCUT2D eigenvalue weighted by atomic mass is 19.1. The molecular weight excluding hydrogens is 245 g/mol. The molecule has 0 unspecified atom stereocenters. The maximum Gasteiger partial charge on any atom is 0.222 e. The molecule has 6 heteroatoms. The van der Waals surface area contributed by atoms with Crippen LogP contribution in [0.5, 0.6) is 0 Å². The van der Waals surface area contributed by atoms with Crippen LogP contribution >= 0.6 is 0 Å². The minimum absolute atomic E-state index is 0.0919. The molecule has 0 aliphatic rings. The molecule has 2 aromatic rings. The Bertz CT molecular complexity index is 496. The molecular formula is C13H22FN5. The van der Waals surface area contributed by atoms with Crippen LogP contribution in [0.3, 0.4) is 0 Å². The van der Waals surface area contributed by atoms with Crippen molar-refractivity contribution in [1.29, 1.82) is 0 Å². The number of nitrogen functional groups attached to an aromatic ring is 1. The van der Waals surface area contributed by atoms with Crippen molar-refractivity contribution < 1.29 is 4.39 Å². The second-order valence-corrected chi connectivity index (χ2v) is 3.41. The zero-order valence-corrected chi connectivity index (χ0v) is 12.2. The van der Waals surface area contributed by atoms with Crippen LogP contribution in [-0.2, 0) is 0 Å². The first-order valence-corrected chi connectivity index (χ1v) is 6.38. The van der Waals surface area contributed by atoms with Crippen LogP contribution < -0.4 is 11.1 Å². The smallest absolute Gasteiger partial charge is 0.222 e. The lowest BCUT2D eigenvalue weighted by Crippen LogP contribution is -2.02. The summed E-state index contributed by atoms with van der Waals surface area (Å²) in [7, 11) is 1.69. The summed E-state index contributed by atoms with van der Waals surface area (Å²) in [5, 5.41) is 2.81. The Morgan fingerprint density at radius 2 is 1.84 bits per heavy atom. The van der Waals surface area contributed by atoms with Crippen LogP contribution in [0.1, 0.15) is 34.1 Å². The van der Waals surface area contributed by atoms with Gasteiger partial charge in [0.1, 0.15) is 11.3 Å². The molecule has 0 amide bonds. The van der Waals surface area contributed by atoms with Gasteiger partial charge in [0, 0.05) is 13.1 Å². The van der Waals surface area contributed by atoms with E-state index in [1.807, 2.05) is 13.8 Å². The van der Waals surface area contributed by atoms with Crippen molar-refractivity contribution >= 4 is 22.8 Å². The largest absolute Gasteiger partial charge is 0.371 e. The molecule has 0 aromatic carbocycles. The first kappa shape index (κ1) is 17.0. The summed E-state index contributed by atoms with van der Waals surface area (Å²) >= 11 is 0. The summed E-state index contributed by atoms with van der Waals surface area (Å²) in [5.74, 6) is 0.138. The van der Waals surface area contributed by atoms with Crippen LogP contribution in [0.15, 0.2) is 12.3 Å². The van der Waals surface area contributed by atoms with Gasteiger partial charge >= 0.3 is 0 Å². The average molecular weight is 267 g/mol. The number of aromatic nitrogens is 3. The Morgan fingerprint density at radius 1 is 1.26 bits per heavy atom. The average Bonchev–Trinajstić information content (AvgIpc) is 2.40.